The Morgan fingerprint density at radius 2 is 1.60 bits per heavy atom. The molecule has 0 aromatic carbocycles. The van der Waals surface area contributed by atoms with Gasteiger partial charge in [0, 0.05) is 12.0 Å². The summed E-state index contributed by atoms with van der Waals surface area (Å²) in [6, 6.07) is 0. The van der Waals surface area contributed by atoms with E-state index in [4.69, 9.17) is 0 Å². The van der Waals surface area contributed by atoms with Gasteiger partial charge in [0.2, 0.25) is 0 Å². The van der Waals surface area contributed by atoms with Crippen molar-refractivity contribution in [2.45, 2.75) is 57.5 Å². The van der Waals surface area contributed by atoms with Gasteiger partial charge < -0.3 is 9.69 Å². The topological polar surface area (TPSA) is 20.3 Å². The van der Waals surface area contributed by atoms with Gasteiger partial charge in [0.15, 0.2) is 0 Å². The van der Waals surface area contributed by atoms with Crippen molar-refractivity contribution in [3.63, 3.8) is 0 Å². The zero-order valence-electron chi connectivity index (χ0n) is 11.9. The van der Waals surface area contributed by atoms with Crippen LogP contribution in [0.1, 0.15) is 51.4 Å². The van der Waals surface area contributed by atoms with E-state index in [0.717, 1.165) is 32.0 Å². The minimum Gasteiger partial charge on any atom is -0.303 e. The molecule has 2 fully saturated rings. The molecule has 0 amide bonds. The highest BCUT2D eigenvalue weighted by Crippen LogP contribution is 2.37. The number of halogens is 3. The summed E-state index contributed by atoms with van der Waals surface area (Å²) >= 11 is 0. The van der Waals surface area contributed by atoms with Crippen LogP contribution in [0.4, 0.5) is 13.2 Å². The van der Waals surface area contributed by atoms with Gasteiger partial charge in [-0.05, 0) is 38.8 Å². The van der Waals surface area contributed by atoms with Crippen molar-refractivity contribution in [1.82, 2.24) is 4.90 Å². The number of aldehydes is 1. The zero-order valence-corrected chi connectivity index (χ0v) is 11.9. The first-order chi connectivity index (χ1) is 9.45. The lowest BCUT2D eigenvalue weighted by molar-refractivity contribution is -0.185. The predicted molar refractivity (Wildman–Crippen MR) is 71.4 cm³/mol. The van der Waals surface area contributed by atoms with Gasteiger partial charge >= 0.3 is 6.18 Å². The third-order valence-corrected chi connectivity index (χ3v) is 4.94. The summed E-state index contributed by atoms with van der Waals surface area (Å²) in [6.45, 7) is 1.60. The average molecular weight is 291 g/mol. The van der Waals surface area contributed by atoms with Crippen LogP contribution < -0.4 is 0 Å². The average Bonchev–Trinajstić information content (AvgIpc) is 2.64. The second-order valence-corrected chi connectivity index (χ2v) is 6.49. The van der Waals surface area contributed by atoms with Crippen LogP contribution in [0.3, 0.4) is 0 Å². The second-order valence-electron chi connectivity index (χ2n) is 6.49. The van der Waals surface area contributed by atoms with Crippen molar-refractivity contribution in [2.75, 3.05) is 19.6 Å². The highest BCUT2D eigenvalue weighted by Gasteiger charge is 2.42. The molecule has 0 spiro atoms. The number of nitrogens with zero attached hydrogens (tertiary/aromatic N) is 1. The van der Waals surface area contributed by atoms with E-state index in [1.165, 1.54) is 12.8 Å². The first-order valence-corrected chi connectivity index (χ1v) is 7.71. The van der Waals surface area contributed by atoms with Crippen molar-refractivity contribution in [3.05, 3.63) is 0 Å². The second kappa shape index (κ2) is 6.46. The molecule has 1 saturated heterocycles. The van der Waals surface area contributed by atoms with Gasteiger partial charge in [0.05, 0.1) is 5.92 Å². The van der Waals surface area contributed by atoms with Gasteiger partial charge in [-0.15, -0.1) is 0 Å². The summed E-state index contributed by atoms with van der Waals surface area (Å²) in [7, 11) is 0. The molecule has 0 aromatic heterocycles. The molecule has 0 bridgehead atoms. The maximum Gasteiger partial charge on any atom is 0.391 e. The number of hydrogen-bond donors (Lipinski definition) is 0. The maximum atomic E-state index is 12.6. The predicted octanol–water partition coefficient (Wildman–Crippen LogP) is 3.80. The highest BCUT2D eigenvalue weighted by molar-refractivity contribution is 5.59. The lowest BCUT2D eigenvalue weighted by atomic mass is 9.80. The molecule has 0 radical (unpaired) electrons. The first-order valence-electron chi connectivity index (χ1n) is 7.71. The van der Waals surface area contributed by atoms with Gasteiger partial charge in [-0.3, -0.25) is 0 Å². The van der Waals surface area contributed by atoms with Crippen LogP contribution >= 0.6 is 0 Å². The minimum absolute atomic E-state index is 0.179. The lowest BCUT2D eigenvalue weighted by Crippen LogP contribution is -2.45. The molecule has 1 aliphatic heterocycles. The Labute approximate surface area is 118 Å². The maximum absolute atomic E-state index is 12.6. The Balaban J connectivity index is 1.88. The SMILES string of the molecule is O=CC1(CN2CCC(C(F)(F)F)CC2)CCCCCC1. The van der Waals surface area contributed by atoms with Gasteiger partial charge in [0.1, 0.15) is 6.29 Å². The van der Waals surface area contributed by atoms with Crippen LogP contribution in [0.25, 0.3) is 0 Å². The Bertz CT molecular complexity index is 314. The number of hydrogen-bond acceptors (Lipinski definition) is 2. The fourth-order valence-electron chi connectivity index (χ4n) is 3.61. The molecule has 20 heavy (non-hydrogen) atoms. The van der Waals surface area contributed by atoms with Crippen LogP contribution in [0.15, 0.2) is 0 Å². The molecule has 1 heterocycles. The third kappa shape index (κ3) is 3.96. The summed E-state index contributed by atoms with van der Waals surface area (Å²) in [5, 5.41) is 0. The summed E-state index contributed by atoms with van der Waals surface area (Å²) in [5.41, 5.74) is -0.304. The van der Waals surface area contributed by atoms with Crippen molar-refractivity contribution in [3.8, 4) is 0 Å². The highest BCUT2D eigenvalue weighted by atomic mass is 19.4. The number of piperidine rings is 1. The van der Waals surface area contributed by atoms with Gasteiger partial charge in [-0.2, -0.15) is 13.2 Å². The number of rotatable bonds is 3. The van der Waals surface area contributed by atoms with Crippen molar-refractivity contribution in [2.24, 2.45) is 11.3 Å². The molecule has 0 aromatic rings. The standard InChI is InChI=1S/C15H24F3NO/c16-15(17,18)13-5-9-19(10-6-13)11-14(12-20)7-3-1-2-4-8-14/h12-13H,1-11H2. The molecule has 1 aliphatic carbocycles. The first kappa shape index (κ1) is 15.8. The van der Waals surface area contributed by atoms with E-state index in [2.05, 4.69) is 4.90 Å². The Kier molecular flexibility index (Phi) is 5.10. The van der Waals surface area contributed by atoms with E-state index in [1.54, 1.807) is 0 Å². The molecular weight excluding hydrogens is 267 g/mol. The van der Waals surface area contributed by atoms with Crippen LogP contribution in [0.2, 0.25) is 0 Å². The molecule has 0 atom stereocenters. The molecule has 2 nitrogen and oxygen atoms in total. The summed E-state index contributed by atoms with van der Waals surface area (Å²) in [4.78, 5) is 13.6. The van der Waals surface area contributed by atoms with Gasteiger partial charge in [-0.25, -0.2) is 0 Å². The lowest BCUT2D eigenvalue weighted by Gasteiger charge is -2.38. The van der Waals surface area contributed by atoms with Gasteiger partial charge in [0.25, 0.3) is 0 Å². The molecule has 2 rings (SSSR count). The summed E-state index contributed by atoms with van der Waals surface area (Å²) in [6.07, 6.45) is 3.65. The van der Waals surface area contributed by atoms with E-state index >= 15 is 0 Å². The molecule has 116 valence electrons. The van der Waals surface area contributed by atoms with E-state index < -0.39 is 12.1 Å². The van der Waals surface area contributed by atoms with E-state index in [1.807, 2.05) is 0 Å². The molecular formula is C15H24F3NO. The monoisotopic (exact) mass is 291 g/mol. The van der Waals surface area contributed by atoms with Crippen LogP contribution in [0.5, 0.6) is 0 Å². The number of alkyl halides is 3. The van der Waals surface area contributed by atoms with Crippen LogP contribution in [-0.2, 0) is 4.79 Å². The zero-order chi connectivity index (χ0) is 14.6. The van der Waals surface area contributed by atoms with Crippen LogP contribution in [-0.4, -0.2) is 37.0 Å². The fourth-order valence-corrected chi connectivity index (χ4v) is 3.61. The number of carbonyl (C=O) groups is 1. The minimum atomic E-state index is -4.06. The number of likely N-dealkylation sites (tertiary alicyclic amines) is 1. The Hall–Kier alpha value is -0.580. The van der Waals surface area contributed by atoms with Crippen molar-refractivity contribution < 1.29 is 18.0 Å². The van der Waals surface area contributed by atoms with Gasteiger partial charge in [-0.1, -0.05) is 25.7 Å². The van der Waals surface area contributed by atoms with Crippen LogP contribution in [0, 0.1) is 11.3 Å². The molecule has 5 heteroatoms. The quantitative estimate of drug-likeness (QED) is 0.582. The Morgan fingerprint density at radius 1 is 1.05 bits per heavy atom. The summed E-state index contributed by atoms with van der Waals surface area (Å²) in [5.74, 6) is -1.15. The van der Waals surface area contributed by atoms with Crippen molar-refractivity contribution >= 4 is 6.29 Å². The van der Waals surface area contributed by atoms with E-state index in [0.29, 0.717) is 19.6 Å². The number of carbonyl (C=O) groups excluding carboxylic acids is 1. The fraction of sp³-hybridized carbons (Fsp3) is 0.933. The molecule has 2 aliphatic rings. The normalized spacial score (nSPS) is 26.1. The largest absolute Gasteiger partial charge is 0.391 e. The Morgan fingerprint density at radius 3 is 2.05 bits per heavy atom. The summed E-state index contributed by atoms with van der Waals surface area (Å²) < 4.78 is 37.9. The van der Waals surface area contributed by atoms with E-state index in [-0.39, 0.29) is 18.3 Å². The van der Waals surface area contributed by atoms with E-state index in [9.17, 15) is 18.0 Å². The molecule has 0 N–H and O–H groups in total. The third-order valence-electron chi connectivity index (χ3n) is 4.94. The smallest absolute Gasteiger partial charge is 0.303 e. The molecule has 1 saturated carbocycles. The molecule has 0 unspecified atom stereocenters. The van der Waals surface area contributed by atoms with Crippen molar-refractivity contribution in [1.29, 1.82) is 0 Å².